The highest BCUT2D eigenvalue weighted by atomic mass is 79.9. The second-order valence-corrected chi connectivity index (χ2v) is 9.92. The number of benzene rings is 2. The maximum absolute atomic E-state index is 15.7. The molecule has 2 aliphatic heterocycles. The van der Waals surface area contributed by atoms with Crippen molar-refractivity contribution in [1.82, 2.24) is 9.88 Å². The molecule has 1 aromatic heterocycles. The Balaban J connectivity index is 1.52. The Morgan fingerprint density at radius 3 is 2.71 bits per heavy atom. The third-order valence-corrected chi connectivity index (χ3v) is 7.46. The third-order valence-electron chi connectivity index (χ3n) is 6.86. The van der Waals surface area contributed by atoms with Gasteiger partial charge in [-0.05, 0) is 83.4 Å². The minimum Gasteiger partial charge on any atom is -0.368 e. The lowest BCUT2D eigenvalue weighted by atomic mass is 9.89. The molecule has 35 heavy (non-hydrogen) atoms. The summed E-state index contributed by atoms with van der Waals surface area (Å²) in [5, 5.41) is 3.08. The van der Waals surface area contributed by atoms with Crippen LogP contribution in [0, 0.1) is 11.6 Å². The van der Waals surface area contributed by atoms with Crippen LogP contribution in [0.15, 0.2) is 63.9 Å². The fraction of sp³-hybridized carbons (Fsp3) is 0.333. The summed E-state index contributed by atoms with van der Waals surface area (Å²) in [5.41, 5.74) is 1.75. The molecule has 5 nitrogen and oxygen atoms in total. The molecule has 2 aliphatic rings. The second-order valence-electron chi connectivity index (χ2n) is 9.06. The largest absolute Gasteiger partial charge is 0.368 e. The maximum Gasteiger partial charge on any atom is 0.265 e. The maximum atomic E-state index is 15.7. The number of aromatic nitrogens is 1. The lowest BCUT2D eigenvalue weighted by molar-refractivity contribution is -0.131. The van der Waals surface area contributed by atoms with E-state index in [0.717, 1.165) is 12.1 Å². The molecule has 8 heteroatoms. The Kier molecular flexibility index (Phi) is 6.84. The number of nitrogens with one attached hydrogen (secondary N) is 1. The molecule has 0 aliphatic carbocycles. The second kappa shape index (κ2) is 10.0. The number of carbonyl (C=O) groups excluding carboxylic acids is 1. The molecular weight excluding hydrogens is 518 g/mol. The van der Waals surface area contributed by atoms with E-state index in [4.69, 9.17) is 4.74 Å². The molecular formula is C27H25BrF2N2O3. The molecule has 3 heterocycles. The van der Waals surface area contributed by atoms with Crippen molar-refractivity contribution in [3.8, 4) is 11.1 Å². The van der Waals surface area contributed by atoms with Gasteiger partial charge in [-0.15, -0.1) is 0 Å². The van der Waals surface area contributed by atoms with E-state index in [0.29, 0.717) is 47.0 Å². The SMILES string of the molecule is O=C(N[C@H]1CCc2ccc(Br)c(=O)n2[C@@H]1Cc1cccc(-c2cccc(F)c2)c1F)[C@@H]1CCCO1. The Hall–Kier alpha value is -2.84. The fourth-order valence-corrected chi connectivity index (χ4v) is 5.44. The van der Waals surface area contributed by atoms with Gasteiger partial charge >= 0.3 is 0 Å². The topological polar surface area (TPSA) is 60.3 Å². The molecule has 5 rings (SSSR count). The number of rotatable bonds is 5. The highest BCUT2D eigenvalue weighted by molar-refractivity contribution is 9.10. The molecule has 3 aromatic rings. The van der Waals surface area contributed by atoms with Gasteiger partial charge in [0.25, 0.3) is 5.56 Å². The zero-order chi connectivity index (χ0) is 24.5. The number of fused-ring (bicyclic) bond motifs is 1. The Morgan fingerprint density at radius 2 is 1.94 bits per heavy atom. The van der Waals surface area contributed by atoms with Crippen LogP contribution in [-0.4, -0.2) is 29.2 Å². The monoisotopic (exact) mass is 542 g/mol. The molecule has 1 N–H and O–H groups in total. The zero-order valence-electron chi connectivity index (χ0n) is 19.0. The van der Waals surface area contributed by atoms with Crippen molar-refractivity contribution in [2.75, 3.05) is 6.61 Å². The number of nitrogens with zero attached hydrogens (tertiary/aromatic N) is 1. The van der Waals surface area contributed by atoms with Gasteiger partial charge in [-0.3, -0.25) is 9.59 Å². The summed E-state index contributed by atoms with van der Waals surface area (Å²) in [5.74, 6) is -1.10. The first-order valence-electron chi connectivity index (χ1n) is 11.8. The predicted octanol–water partition coefficient (Wildman–Crippen LogP) is 4.95. The van der Waals surface area contributed by atoms with E-state index in [2.05, 4.69) is 21.2 Å². The van der Waals surface area contributed by atoms with Crippen LogP contribution in [0.5, 0.6) is 0 Å². The number of halogens is 3. The number of hydrogen-bond acceptors (Lipinski definition) is 3. The standard InChI is InChI=1S/C27H25BrF2N2O3/c28-21-11-9-19-10-12-22(31-26(33)24-8-3-13-35-24)23(32(19)27(21)34)15-17-5-2-7-20(25(17)30)16-4-1-6-18(29)14-16/h1-2,4-7,9,11,14,22-24H,3,8,10,12-13,15H2,(H,31,33)/t22-,23+,24-/m0/s1. The van der Waals surface area contributed by atoms with E-state index in [1.165, 1.54) is 12.1 Å². The molecule has 0 spiro atoms. The summed E-state index contributed by atoms with van der Waals surface area (Å²) in [6.45, 7) is 0.555. The summed E-state index contributed by atoms with van der Waals surface area (Å²) >= 11 is 3.33. The van der Waals surface area contributed by atoms with Crippen molar-refractivity contribution in [1.29, 1.82) is 0 Å². The first kappa shape index (κ1) is 23.9. The summed E-state index contributed by atoms with van der Waals surface area (Å²) in [6.07, 6.45) is 2.42. The van der Waals surface area contributed by atoms with Crippen LogP contribution >= 0.6 is 15.9 Å². The van der Waals surface area contributed by atoms with Crippen molar-refractivity contribution in [2.45, 2.75) is 50.3 Å². The number of pyridine rings is 1. The zero-order valence-corrected chi connectivity index (χ0v) is 20.6. The smallest absolute Gasteiger partial charge is 0.265 e. The number of hydrogen-bond donors (Lipinski definition) is 1. The van der Waals surface area contributed by atoms with Gasteiger partial charge in [0.05, 0.1) is 16.6 Å². The summed E-state index contributed by atoms with van der Waals surface area (Å²) in [7, 11) is 0. The third kappa shape index (κ3) is 4.82. The molecule has 2 aromatic carbocycles. The van der Waals surface area contributed by atoms with Gasteiger partial charge in [-0.1, -0.05) is 30.3 Å². The van der Waals surface area contributed by atoms with Crippen LogP contribution in [-0.2, 0) is 22.4 Å². The Labute approximate surface area is 210 Å². The van der Waals surface area contributed by atoms with E-state index < -0.39 is 23.8 Å². The van der Waals surface area contributed by atoms with Crippen LogP contribution in [0.2, 0.25) is 0 Å². The van der Waals surface area contributed by atoms with Crippen molar-refractivity contribution in [3.05, 3.63) is 92.3 Å². The first-order valence-corrected chi connectivity index (χ1v) is 12.6. The molecule has 0 saturated carbocycles. The van der Waals surface area contributed by atoms with E-state index in [1.54, 1.807) is 41.0 Å². The van der Waals surface area contributed by atoms with E-state index in [-0.39, 0.29) is 23.9 Å². The summed E-state index contributed by atoms with van der Waals surface area (Å²) in [6, 6.07) is 13.6. The molecule has 1 saturated heterocycles. The summed E-state index contributed by atoms with van der Waals surface area (Å²) < 4.78 is 37.1. The molecule has 182 valence electrons. The van der Waals surface area contributed by atoms with Crippen LogP contribution in [0.4, 0.5) is 8.78 Å². The van der Waals surface area contributed by atoms with Crippen molar-refractivity contribution in [3.63, 3.8) is 0 Å². The van der Waals surface area contributed by atoms with E-state index in [9.17, 15) is 14.0 Å². The normalized spacial score (nSPS) is 21.5. The van der Waals surface area contributed by atoms with Gasteiger partial charge in [0.2, 0.25) is 5.91 Å². The fourth-order valence-electron chi connectivity index (χ4n) is 5.11. The van der Waals surface area contributed by atoms with E-state index >= 15 is 4.39 Å². The highest BCUT2D eigenvalue weighted by Crippen LogP contribution is 2.32. The molecule has 1 fully saturated rings. The highest BCUT2D eigenvalue weighted by Gasteiger charge is 2.35. The average Bonchev–Trinajstić information content (AvgIpc) is 3.39. The number of amides is 1. The Bertz CT molecular complexity index is 1320. The van der Waals surface area contributed by atoms with Gasteiger partial charge in [0.1, 0.15) is 17.7 Å². The van der Waals surface area contributed by atoms with Gasteiger partial charge in [0.15, 0.2) is 0 Å². The summed E-state index contributed by atoms with van der Waals surface area (Å²) in [4.78, 5) is 26.0. The average molecular weight is 543 g/mol. The first-order chi connectivity index (χ1) is 16.9. The van der Waals surface area contributed by atoms with Crippen molar-refractivity contribution in [2.24, 2.45) is 0 Å². The Morgan fingerprint density at radius 1 is 1.11 bits per heavy atom. The van der Waals surface area contributed by atoms with Crippen LogP contribution < -0.4 is 10.9 Å². The van der Waals surface area contributed by atoms with Crippen molar-refractivity contribution >= 4 is 21.8 Å². The van der Waals surface area contributed by atoms with Gasteiger partial charge in [-0.2, -0.15) is 0 Å². The minimum absolute atomic E-state index is 0.189. The minimum atomic E-state index is -0.496. The molecule has 0 radical (unpaired) electrons. The quantitative estimate of drug-likeness (QED) is 0.496. The lowest BCUT2D eigenvalue weighted by Gasteiger charge is -2.36. The molecule has 0 bridgehead atoms. The lowest BCUT2D eigenvalue weighted by Crippen LogP contribution is -2.51. The van der Waals surface area contributed by atoms with Gasteiger partial charge in [-0.25, -0.2) is 8.78 Å². The molecule has 3 atom stereocenters. The van der Waals surface area contributed by atoms with Gasteiger partial charge in [0, 0.05) is 17.9 Å². The molecule has 1 amide bonds. The van der Waals surface area contributed by atoms with Crippen LogP contribution in [0.3, 0.4) is 0 Å². The van der Waals surface area contributed by atoms with Crippen LogP contribution in [0.25, 0.3) is 11.1 Å². The van der Waals surface area contributed by atoms with Crippen LogP contribution in [0.1, 0.15) is 36.6 Å². The van der Waals surface area contributed by atoms with Gasteiger partial charge < -0.3 is 14.6 Å². The van der Waals surface area contributed by atoms with E-state index in [1.807, 2.05) is 6.07 Å². The number of ether oxygens (including phenoxy) is 1. The number of aryl methyl sites for hydroxylation is 1. The predicted molar refractivity (Wildman–Crippen MR) is 132 cm³/mol. The molecule has 0 unspecified atom stereocenters. The number of carbonyl (C=O) groups is 1. The van der Waals surface area contributed by atoms with Crippen molar-refractivity contribution < 1.29 is 18.3 Å².